The predicted molar refractivity (Wildman–Crippen MR) is 59.2 cm³/mol. The van der Waals surface area contributed by atoms with E-state index in [1.54, 1.807) is 0 Å². The molecule has 14 heavy (non-hydrogen) atoms. The van der Waals surface area contributed by atoms with Gasteiger partial charge in [-0.15, -0.1) is 0 Å². The summed E-state index contributed by atoms with van der Waals surface area (Å²) in [7, 11) is 2.18. The van der Waals surface area contributed by atoms with Crippen molar-refractivity contribution in [2.75, 3.05) is 20.1 Å². The Hall–Kier alpha value is -0.860. The van der Waals surface area contributed by atoms with Crippen LogP contribution < -0.4 is 5.32 Å². The lowest BCUT2D eigenvalue weighted by Gasteiger charge is -2.12. The summed E-state index contributed by atoms with van der Waals surface area (Å²) in [5.74, 6) is 0. The third kappa shape index (κ3) is 2.56. The predicted octanol–water partition coefficient (Wildman–Crippen LogP) is 1.48. The molecular weight excluding hydrogens is 172 g/mol. The molecule has 0 amide bonds. The van der Waals surface area contributed by atoms with Gasteiger partial charge in [0.25, 0.3) is 0 Å². The maximum Gasteiger partial charge on any atom is 0.0210 e. The minimum atomic E-state index is 0.681. The van der Waals surface area contributed by atoms with Crippen molar-refractivity contribution >= 4 is 0 Å². The van der Waals surface area contributed by atoms with Gasteiger partial charge in [0.2, 0.25) is 0 Å². The number of benzene rings is 1. The van der Waals surface area contributed by atoms with E-state index in [0.717, 1.165) is 6.54 Å². The van der Waals surface area contributed by atoms with Crippen LogP contribution in [0.25, 0.3) is 0 Å². The first kappa shape index (κ1) is 9.69. The Morgan fingerprint density at radius 3 is 2.79 bits per heavy atom. The van der Waals surface area contributed by atoms with Crippen LogP contribution in [-0.2, 0) is 6.54 Å². The SMILES string of the molecule is CN1CCC(NCc2ccccc2)C1. The normalized spacial score (nSPS) is 22.8. The van der Waals surface area contributed by atoms with Gasteiger partial charge in [-0.2, -0.15) is 0 Å². The van der Waals surface area contributed by atoms with Crippen LogP contribution in [0.3, 0.4) is 0 Å². The average molecular weight is 190 g/mol. The fourth-order valence-corrected chi connectivity index (χ4v) is 1.96. The van der Waals surface area contributed by atoms with E-state index in [1.807, 2.05) is 0 Å². The van der Waals surface area contributed by atoms with Crippen molar-refractivity contribution in [1.29, 1.82) is 0 Å². The van der Waals surface area contributed by atoms with Crippen LogP contribution in [0.5, 0.6) is 0 Å². The lowest BCUT2D eigenvalue weighted by molar-refractivity contribution is 0.397. The lowest BCUT2D eigenvalue weighted by atomic mass is 10.2. The zero-order valence-electron chi connectivity index (χ0n) is 8.74. The maximum absolute atomic E-state index is 3.59. The molecule has 1 aromatic rings. The zero-order valence-corrected chi connectivity index (χ0v) is 8.74. The fraction of sp³-hybridized carbons (Fsp3) is 0.500. The van der Waals surface area contributed by atoms with Gasteiger partial charge in [0.05, 0.1) is 0 Å². The summed E-state index contributed by atoms with van der Waals surface area (Å²) >= 11 is 0. The van der Waals surface area contributed by atoms with E-state index >= 15 is 0 Å². The van der Waals surface area contributed by atoms with Crippen LogP contribution in [0.4, 0.5) is 0 Å². The number of hydrogen-bond donors (Lipinski definition) is 1. The lowest BCUT2D eigenvalue weighted by Crippen LogP contribution is -2.30. The number of rotatable bonds is 3. The molecule has 1 heterocycles. The van der Waals surface area contributed by atoms with Crippen LogP contribution in [-0.4, -0.2) is 31.1 Å². The number of nitrogens with one attached hydrogen (secondary N) is 1. The van der Waals surface area contributed by atoms with Crippen LogP contribution in [0.1, 0.15) is 12.0 Å². The van der Waals surface area contributed by atoms with Gasteiger partial charge in [0, 0.05) is 19.1 Å². The first-order valence-corrected chi connectivity index (χ1v) is 5.30. The highest BCUT2D eigenvalue weighted by Crippen LogP contribution is 2.07. The van der Waals surface area contributed by atoms with Crippen LogP contribution in [0.15, 0.2) is 30.3 Å². The second kappa shape index (κ2) is 4.58. The van der Waals surface area contributed by atoms with E-state index in [9.17, 15) is 0 Å². The molecule has 1 N–H and O–H groups in total. The summed E-state index contributed by atoms with van der Waals surface area (Å²) in [6.45, 7) is 3.42. The summed E-state index contributed by atoms with van der Waals surface area (Å²) in [5, 5.41) is 3.59. The minimum Gasteiger partial charge on any atom is -0.309 e. The van der Waals surface area contributed by atoms with Gasteiger partial charge in [0.15, 0.2) is 0 Å². The van der Waals surface area contributed by atoms with E-state index in [2.05, 4.69) is 47.6 Å². The number of nitrogens with zero attached hydrogens (tertiary/aromatic N) is 1. The molecule has 1 saturated heterocycles. The average Bonchev–Trinajstić information content (AvgIpc) is 2.63. The van der Waals surface area contributed by atoms with Crippen molar-refractivity contribution < 1.29 is 0 Å². The number of likely N-dealkylation sites (tertiary alicyclic amines) is 1. The molecule has 1 atom stereocenters. The molecule has 2 heteroatoms. The molecule has 1 aliphatic rings. The molecule has 76 valence electrons. The molecule has 1 unspecified atom stereocenters. The largest absolute Gasteiger partial charge is 0.309 e. The molecule has 0 aliphatic carbocycles. The molecule has 2 rings (SSSR count). The molecule has 0 radical (unpaired) electrons. The first-order valence-electron chi connectivity index (χ1n) is 5.30. The second-order valence-corrected chi connectivity index (χ2v) is 4.11. The Balaban J connectivity index is 1.78. The summed E-state index contributed by atoms with van der Waals surface area (Å²) in [6.07, 6.45) is 1.28. The number of hydrogen-bond acceptors (Lipinski definition) is 2. The molecular formula is C12H18N2. The van der Waals surface area contributed by atoms with Crippen LogP contribution >= 0.6 is 0 Å². The fourth-order valence-electron chi connectivity index (χ4n) is 1.96. The van der Waals surface area contributed by atoms with Crippen LogP contribution in [0.2, 0.25) is 0 Å². The Bertz CT molecular complexity index is 271. The van der Waals surface area contributed by atoms with E-state index in [1.165, 1.54) is 25.1 Å². The molecule has 0 aromatic heterocycles. The van der Waals surface area contributed by atoms with Gasteiger partial charge in [-0.1, -0.05) is 30.3 Å². The standard InChI is InChI=1S/C12H18N2/c1-14-8-7-12(10-14)13-9-11-5-3-2-4-6-11/h2-6,12-13H,7-10H2,1H3. The Morgan fingerprint density at radius 1 is 1.36 bits per heavy atom. The molecule has 1 aliphatic heterocycles. The summed E-state index contributed by atoms with van der Waals surface area (Å²) in [4.78, 5) is 2.38. The van der Waals surface area contributed by atoms with Crippen molar-refractivity contribution in [2.45, 2.75) is 19.0 Å². The third-order valence-electron chi connectivity index (χ3n) is 2.83. The van der Waals surface area contributed by atoms with Gasteiger partial charge < -0.3 is 10.2 Å². The zero-order chi connectivity index (χ0) is 9.80. The molecule has 2 nitrogen and oxygen atoms in total. The summed E-state index contributed by atoms with van der Waals surface area (Å²) in [6, 6.07) is 11.3. The third-order valence-corrected chi connectivity index (χ3v) is 2.83. The first-order chi connectivity index (χ1) is 6.84. The van der Waals surface area contributed by atoms with Crippen molar-refractivity contribution in [3.63, 3.8) is 0 Å². The number of likely N-dealkylation sites (N-methyl/N-ethyl adjacent to an activating group) is 1. The highest BCUT2D eigenvalue weighted by atomic mass is 15.2. The van der Waals surface area contributed by atoms with E-state index in [-0.39, 0.29) is 0 Å². The second-order valence-electron chi connectivity index (χ2n) is 4.11. The molecule has 1 aromatic carbocycles. The van der Waals surface area contributed by atoms with Crippen molar-refractivity contribution in [3.05, 3.63) is 35.9 Å². The monoisotopic (exact) mass is 190 g/mol. The topological polar surface area (TPSA) is 15.3 Å². The van der Waals surface area contributed by atoms with Gasteiger partial charge in [-0.05, 0) is 25.6 Å². The van der Waals surface area contributed by atoms with Crippen molar-refractivity contribution in [2.24, 2.45) is 0 Å². The van der Waals surface area contributed by atoms with E-state index in [4.69, 9.17) is 0 Å². The molecule has 0 bridgehead atoms. The van der Waals surface area contributed by atoms with Crippen LogP contribution in [0, 0.1) is 0 Å². The van der Waals surface area contributed by atoms with E-state index in [0.29, 0.717) is 6.04 Å². The Morgan fingerprint density at radius 2 is 2.14 bits per heavy atom. The maximum atomic E-state index is 3.59. The molecule has 0 saturated carbocycles. The minimum absolute atomic E-state index is 0.681. The van der Waals surface area contributed by atoms with Crippen molar-refractivity contribution in [3.8, 4) is 0 Å². The highest BCUT2D eigenvalue weighted by Gasteiger charge is 2.17. The van der Waals surface area contributed by atoms with E-state index < -0.39 is 0 Å². The molecule has 1 fully saturated rings. The Labute approximate surface area is 85.9 Å². The van der Waals surface area contributed by atoms with Gasteiger partial charge in [-0.25, -0.2) is 0 Å². The van der Waals surface area contributed by atoms with Gasteiger partial charge in [-0.3, -0.25) is 0 Å². The Kier molecular flexibility index (Phi) is 3.17. The summed E-state index contributed by atoms with van der Waals surface area (Å²) in [5.41, 5.74) is 1.38. The van der Waals surface area contributed by atoms with Gasteiger partial charge in [0.1, 0.15) is 0 Å². The smallest absolute Gasteiger partial charge is 0.0210 e. The molecule has 0 spiro atoms. The van der Waals surface area contributed by atoms with Gasteiger partial charge >= 0.3 is 0 Å². The summed E-state index contributed by atoms with van der Waals surface area (Å²) < 4.78 is 0. The highest BCUT2D eigenvalue weighted by molar-refractivity contribution is 5.14. The quantitative estimate of drug-likeness (QED) is 0.776. The van der Waals surface area contributed by atoms with Crippen molar-refractivity contribution in [1.82, 2.24) is 10.2 Å².